The number of nitrogens with zero attached hydrogens (tertiary/aromatic N) is 2. The Labute approximate surface area is 176 Å². The molecule has 0 aromatic heterocycles. The highest BCUT2D eigenvalue weighted by atomic mass is 16.5. The minimum absolute atomic E-state index is 0.0493. The Morgan fingerprint density at radius 2 is 1.87 bits per heavy atom. The van der Waals surface area contributed by atoms with E-state index in [9.17, 15) is 4.79 Å². The van der Waals surface area contributed by atoms with E-state index in [2.05, 4.69) is 6.07 Å². The summed E-state index contributed by atoms with van der Waals surface area (Å²) in [5, 5.41) is 9.13. The van der Waals surface area contributed by atoms with Gasteiger partial charge in [0.1, 0.15) is 6.61 Å². The van der Waals surface area contributed by atoms with Crippen LogP contribution >= 0.6 is 0 Å². The Morgan fingerprint density at radius 1 is 1.03 bits per heavy atom. The van der Waals surface area contributed by atoms with E-state index in [1.165, 1.54) is 0 Å². The molecule has 0 radical (unpaired) electrons. The predicted molar refractivity (Wildman–Crippen MR) is 115 cm³/mol. The van der Waals surface area contributed by atoms with E-state index in [1.54, 1.807) is 30.2 Å². The van der Waals surface area contributed by atoms with Crippen LogP contribution in [0.4, 0.5) is 5.69 Å². The van der Waals surface area contributed by atoms with Crippen molar-refractivity contribution in [1.82, 2.24) is 0 Å². The first-order valence-electron chi connectivity index (χ1n) is 9.83. The van der Waals surface area contributed by atoms with Gasteiger partial charge >= 0.3 is 0 Å². The molecule has 1 amide bonds. The number of carbonyl (C=O) groups is 1. The normalized spacial score (nSPS) is 15.7. The molecule has 0 N–H and O–H groups in total. The predicted octanol–water partition coefficient (Wildman–Crippen LogP) is 4.67. The van der Waals surface area contributed by atoms with Crippen molar-refractivity contribution in [2.24, 2.45) is 0 Å². The van der Waals surface area contributed by atoms with Crippen molar-refractivity contribution < 1.29 is 14.3 Å². The van der Waals surface area contributed by atoms with Gasteiger partial charge in [0.05, 0.1) is 18.7 Å². The van der Waals surface area contributed by atoms with Gasteiger partial charge in [-0.25, -0.2) is 0 Å². The number of anilines is 1. The van der Waals surface area contributed by atoms with Crippen LogP contribution in [-0.4, -0.2) is 19.6 Å². The van der Waals surface area contributed by atoms with Gasteiger partial charge in [-0.15, -0.1) is 0 Å². The number of methoxy groups -OCH3 is 1. The quantitative estimate of drug-likeness (QED) is 0.606. The first-order chi connectivity index (χ1) is 14.7. The van der Waals surface area contributed by atoms with Gasteiger partial charge in [0.2, 0.25) is 5.91 Å². The van der Waals surface area contributed by atoms with E-state index in [0.29, 0.717) is 36.6 Å². The second kappa shape index (κ2) is 8.71. The second-order valence-electron chi connectivity index (χ2n) is 7.25. The average Bonchev–Trinajstić information content (AvgIpc) is 3.19. The molecule has 0 spiro atoms. The van der Waals surface area contributed by atoms with Crippen LogP contribution in [0.2, 0.25) is 0 Å². The SMILES string of the molecule is COc1ccc(C2CC(=O)N(c3cccc(C#N)c3)C2)cc1OCc1ccccc1. The minimum Gasteiger partial charge on any atom is -0.493 e. The largest absolute Gasteiger partial charge is 0.493 e. The van der Waals surface area contributed by atoms with E-state index in [0.717, 1.165) is 16.8 Å². The summed E-state index contributed by atoms with van der Waals surface area (Å²) >= 11 is 0. The van der Waals surface area contributed by atoms with Crippen LogP contribution in [-0.2, 0) is 11.4 Å². The molecule has 4 rings (SSSR count). The molecule has 5 nitrogen and oxygen atoms in total. The molecule has 1 unspecified atom stereocenters. The van der Waals surface area contributed by atoms with Crippen molar-refractivity contribution >= 4 is 11.6 Å². The summed E-state index contributed by atoms with van der Waals surface area (Å²) in [7, 11) is 1.62. The monoisotopic (exact) mass is 398 g/mol. The number of carbonyl (C=O) groups excluding carboxylic acids is 1. The molecule has 1 heterocycles. The maximum atomic E-state index is 12.7. The molecule has 1 saturated heterocycles. The van der Waals surface area contributed by atoms with E-state index >= 15 is 0 Å². The molecule has 3 aromatic rings. The molecule has 1 aliphatic heterocycles. The summed E-state index contributed by atoms with van der Waals surface area (Å²) in [4.78, 5) is 14.4. The van der Waals surface area contributed by atoms with Crippen LogP contribution < -0.4 is 14.4 Å². The number of nitriles is 1. The Bertz CT molecular complexity index is 1090. The van der Waals surface area contributed by atoms with Gasteiger partial charge in [0.25, 0.3) is 0 Å². The summed E-state index contributed by atoms with van der Waals surface area (Å²) < 4.78 is 11.5. The van der Waals surface area contributed by atoms with E-state index in [1.807, 2.05) is 54.6 Å². The van der Waals surface area contributed by atoms with Crippen LogP contribution in [0.5, 0.6) is 11.5 Å². The van der Waals surface area contributed by atoms with Gasteiger partial charge in [0, 0.05) is 24.6 Å². The van der Waals surface area contributed by atoms with Crippen molar-refractivity contribution in [3.8, 4) is 17.6 Å². The third-order valence-electron chi connectivity index (χ3n) is 5.31. The zero-order chi connectivity index (χ0) is 20.9. The van der Waals surface area contributed by atoms with E-state index in [-0.39, 0.29) is 11.8 Å². The van der Waals surface area contributed by atoms with Gasteiger partial charge in [0.15, 0.2) is 11.5 Å². The van der Waals surface area contributed by atoms with E-state index in [4.69, 9.17) is 14.7 Å². The molecule has 3 aromatic carbocycles. The molecule has 1 atom stereocenters. The molecule has 1 fully saturated rings. The summed E-state index contributed by atoms with van der Waals surface area (Å²) in [5.41, 5.74) is 3.41. The van der Waals surface area contributed by atoms with Crippen LogP contribution in [0.25, 0.3) is 0 Å². The number of hydrogen-bond donors (Lipinski definition) is 0. The van der Waals surface area contributed by atoms with E-state index < -0.39 is 0 Å². The first-order valence-corrected chi connectivity index (χ1v) is 9.83. The lowest BCUT2D eigenvalue weighted by molar-refractivity contribution is -0.117. The van der Waals surface area contributed by atoms with Crippen molar-refractivity contribution in [3.63, 3.8) is 0 Å². The van der Waals surface area contributed by atoms with Gasteiger partial charge in [-0.05, 0) is 41.5 Å². The zero-order valence-corrected chi connectivity index (χ0v) is 16.7. The van der Waals surface area contributed by atoms with Gasteiger partial charge in [-0.1, -0.05) is 42.5 Å². The summed E-state index contributed by atoms with van der Waals surface area (Å²) in [5.74, 6) is 1.43. The number of ether oxygens (including phenoxy) is 2. The minimum atomic E-state index is 0.0493. The number of hydrogen-bond acceptors (Lipinski definition) is 4. The Morgan fingerprint density at radius 3 is 2.63 bits per heavy atom. The lowest BCUT2D eigenvalue weighted by Crippen LogP contribution is -2.24. The highest BCUT2D eigenvalue weighted by Gasteiger charge is 2.32. The van der Waals surface area contributed by atoms with Crippen molar-refractivity contribution in [3.05, 3.63) is 89.5 Å². The third kappa shape index (κ3) is 4.13. The lowest BCUT2D eigenvalue weighted by Gasteiger charge is -2.18. The Kier molecular flexibility index (Phi) is 5.67. The fourth-order valence-electron chi connectivity index (χ4n) is 3.72. The molecule has 0 aliphatic carbocycles. The maximum absolute atomic E-state index is 12.7. The van der Waals surface area contributed by atoms with Crippen LogP contribution in [0, 0.1) is 11.3 Å². The van der Waals surface area contributed by atoms with Crippen LogP contribution in [0.3, 0.4) is 0 Å². The van der Waals surface area contributed by atoms with Crippen molar-refractivity contribution in [1.29, 1.82) is 5.26 Å². The molecule has 1 aliphatic rings. The van der Waals surface area contributed by atoms with Gasteiger partial charge in [-0.3, -0.25) is 4.79 Å². The average molecular weight is 398 g/mol. The molecule has 150 valence electrons. The van der Waals surface area contributed by atoms with Crippen molar-refractivity contribution in [2.45, 2.75) is 18.9 Å². The van der Waals surface area contributed by atoms with Gasteiger partial charge in [-0.2, -0.15) is 5.26 Å². The Hall–Kier alpha value is -3.78. The molecule has 30 heavy (non-hydrogen) atoms. The summed E-state index contributed by atoms with van der Waals surface area (Å²) in [6.07, 6.45) is 0.418. The number of rotatable bonds is 6. The summed E-state index contributed by atoms with van der Waals surface area (Å²) in [6, 6.07) is 25.1. The summed E-state index contributed by atoms with van der Waals surface area (Å²) in [6.45, 7) is 1.01. The van der Waals surface area contributed by atoms with Crippen LogP contribution in [0.15, 0.2) is 72.8 Å². The smallest absolute Gasteiger partial charge is 0.227 e. The Balaban J connectivity index is 1.53. The fourth-order valence-corrected chi connectivity index (χ4v) is 3.72. The molecule has 5 heteroatoms. The maximum Gasteiger partial charge on any atom is 0.227 e. The van der Waals surface area contributed by atoms with Crippen molar-refractivity contribution in [2.75, 3.05) is 18.6 Å². The molecular formula is C25H22N2O3. The third-order valence-corrected chi connectivity index (χ3v) is 5.31. The number of amides is 1. The topological polar surface area (TPSA) is 62.6 Å². The fraction of sp³-hybridized carbons (Fsp3) is 0.200. The number of benzene rings is 3. The zero-order valence-electron chi connectivity index (χ0n) is 16.7. The standard InChI is InChI=1S/C25H22N2O3/c1-29-23-11-10-20(13-24(23)30-17-18-6-3-2-4-7-18)21-14-25(28)27(16-21)22-9-5-8-19(12-22)15-26/h2-13,21H,14,16-17H2,1H3. The highest BCUT2D eigenvalue weighted by molar-refractivity contribution is 5.96. The van der Waals surface area contributed by atoms with Crippen LogP contribution in [0.1, 0.15) is 29.0 Å². The molecular weight excluding hydrogens is 376 g/mol. The second-order valence-corrected chi connectivity index (χ2v) is 7.25. The van der Waals surface area contributed by atoms with Gasteiger partial charge < -0.3 is 14.4 Å². The first kappa shape index (κ1) is 19.5. The molecule has 0 bridgehead atoms. The highest BCUT2D eigenvalue weighted by Crippen LogP contribution is 2.37. The molecule has 0 saturated carbocycles. The lowest BCUT2D eigenvalue weighted by atomic mass is 9.98.